The van der Waals surface area contributed by atoms with Gasteiger partial charge >= 0.3 is 0 Å². The van der Waals surface area contributed by atoms with Gasteiger partial charge in [0.05, 0.1) is 5.56 Å². The molecule has 4 heteroatoms. The maximum atomic E-state index is 12.0. The van der Waals surface area contributed by atoms with Crippen LogP contribution in [0.5, 0.6) is 0 Å². The summed E-state index contributed by atoms with van der Waals surface area (Å²) in [4.78, 5) is 12.7. The first-order valence-corrected chi connectivity index (χ1v) is 7.07. The Hall–Kier alpha value is -0.480. The van der Waals surface area contributed by atoms with Gasteiger partial charge in [-0.2, -0.15) is 0 Å². The van der Waals surface area contributed by atoms with E-state index in [2.05, 4.69) is 40.8 Å². The molecule has 0 radical (unpaired) electrons. The largest absolute Gasteiger partial charge is 0.351 e. The van der Waals surface area contributed by atoms with Crippen molar-refractivity contribution in [2.24, 2.45) is 5.41 Å². The molecule has 0 aliphatic heterocycles. The summed E-state index contributed by atoms with van der Waals surface area (Å²) in [6.45, 7) is 2.97. The zero-order valence-electron chi connectivity index (χ0n) is 9.79. The van der Waals surface area contributed by atoms with E-state index in [9.17, 15) is 4.79 Å². The highest BCUT2D eigenvalue weighted by Crippen LogP contribution is 2.47. The molecule has 1 amide bonds. The molecule has 2 rings (SSSR count). The van der Waals surface area contributed by atoms with E-state index in [0.29, 0.717) is 15.9 Å². The van der Waals surface area contributed by atoms with Gasteiger partial charge in [0.25, 0.3) is 5.91 Å². The first-order chi connectivity index (χ1) is 8.06. The molecule has 1 fully saturated rings. The van der Waals surface area contributed by atoms with E-state index in [1.165, 1.54) is 12.8 Å². The van der Waals surface area contributed by atoms with Crippen molar-refractivity contribution >= 4 is 34.5 Å². The lowest BCUT2D eigenvalue weighted by atomic mass is 10.0. The van der Waals surface area contributed by atoms with E-state index in [4.69, 9.17) is 0 Å². The number of thiol groups is 1. The number of nitrogens with one attached hydrogen (secondary N) is 1. The number of hydrogen-bond acceptors (Lipinski definition) is 2. The molecule has 0 bridgehead atoms. The number of carbonyl (C=O) groups is 1. The van der Waals surface area contributed by atoms with Crippen LogP contribution in [0.25, 0.3) is 0 Å². The molecular formula is C13H16BrNOS. The molecule has 92 valence electrons. The Kier molecular flexibility index (Phi) is 3.83. The predicted molar refractivity (Wildman–Crippen MR) is 75.7 cm³/mol. The molecule has 1 N–H and O–H groups in total. The summed E-state index contributed by atoms with van der Waals surface area (Å²) < 4.78 is 0.936. The van der Waals surface area contributed by atoms with Crippen molar-refractivity contribution in [2.75, 3.05) is 6.54 Å². The summed E-state index contributed by atoms with van der Waals surface area (Å²) in [6, 6.07) is 5.50. The minimum atomic E-state index is -0.0257. The van der Waals surface area contributed by atoms with Gasteiger partial charge in [0.2, 0.25) is 0 Å². The lowest BCUT2D eigenvalue weighted by Crippen LogP contribution is -2.30. The summed E-state index contributed by atoms with van der Waals surface area (Å²) in [5, 5.41) is 3.01. The second-order valence-electron chi connectivity index (χ2n) is 4.70. The van der Waals surface area contributed by atoms with Crippen molar-refractivity contribution in [1.29, 1.82) is 0 Å². The van der Waals surface area contributed by atoms with Gasteiger partial charge in [-0.05, 0) is 42.9 Å². The molecule has 0 unspecified atom stereocenters. The smallest absolute Gasteiger partial charge is 0.252 e. The van der Waals surface area contributed by atoms with Gasteiger partial charge < -0.3 is 5.32 Å². The second kappa shape index (κ2) is 5.02. The maximum Gasteiger partial charge on any atom is 0.252 e. The van der Waals surface area contributed by atoms with Crippen LogP contribution in [0.1, 0.15) is 36.5 Å². The van der Waals surface area contributed by atoms with Crippen molar-refractivity contribution in [3.8, 4) is 0 Å². The van der Waals surface area contributed by atoms with Gasteiger partial charge in [0, 0.05) is 15.9 Å². The summed E-state index contributed by atoms with van der Waals surface area (Å²) >= 11 is 7.68. The van der Waals surface area contributed by atoms with Crippen LogP contribution in [0.3, 0.4) is 0 Å². The molecule has 0 atom stereocenters. The topological polar surface area (TPSA) is 29.1 Å². The Morgan fingerprint density at radius 2 is 2.24 bits per heavy atom. The highest BCUT2D eigenvalue weighted by atomic mass is 79.9. The van der Waals surface area contributed by atoms with E-state index in [1.807, 2.05) is 12.1 Å². The molecule has 0 aromatic heterocycles. The average molecular weight is 314 g/mol. The van der Waals surface area contributed by atoms with Crippen molar-refractivity contribution in [3.63, 3.8) is 0 Å². The number of carbonyl (C=O) groups excluding carboxylic acids is 1. The van der Waals surface area contributed by atoms with E-state index >= 15 is 0 Å². The van der Waals surface area contributed by atoms with Gasteiger partial charge in [0.1, 0.15) is 0 Å². The minimum absolute atomic E-state index is 0.0257. The fourth-order valence-corrected chi connectivity index (χ4v) is 2.75. The molecular weight excluding hydrogens is 298 g/mol. The van der Waals surface area contributed by atoms with Crippen LogP contribution in [0.15, 0.2) is 27.6 Å². The Morgan fingerprint density at radius 1 is 1.53 bits per heavy atom. The van der Waals surface area contributed by atoms with Crippen LogP contribution in [-0.4, -0.2) is 12.5 Å². The van der Waals surface area contributed by atoms with E-state index in [0.717, 1.165) is 17.4 Å². The number of benzene rings is 1. The summed E-state index contributed by atoms with van der Waals surface area (Å²) in [5.41, 5.74) is 1.02. The van der Waals surface area contributed by atoms with E-state index in [1.54, 1.807) is 6.07 Å². The van der Waals surface area contributed by atoms with Crippen molar-refractivity contribution in [3.05, 3.63) is 28.2 Å². The monoisotopic (exact) mass is 313 g/mol. The molecule has 1 aromatic rings. The molecule has 1 saturated carbocycles. The summed E-state index contributed by atoms with van der Waals surface area (Å²) in [7, 11) is 0. The third-order valence-electron chi connectivity index (χ3n) is 3.54. The second-order valence-corrected chi connectivity index (χ2v) is 6.10. The molecule has 2 nitrogen and oxygen atoms in total. The van der Waals surface area contributed by atoms with Crippen LogP contribution in [0.4, 0.5) is 0 Å². The maximum absolute atomic E-state index is 12.0. The molecule has 0 spiro atoms. The van der Waals surface area contributed by atoms with E-state index < -0.39 is 0 Å². The third kappa shape index (κ3) is 3.05. The zero-order chi connectivity index (χ0) is 12.5. The number of rotatable bonds is 4. The summed E-state index contributed by atoms with van der Waals surface area (Å²) in [6.07, 6.45) is 3.61. The molecule has 1 aliphatic rings. The fourth-order valence-electron chi connectivity index (χ4n) is 1.89. The van der Waals surface area contributed by atoms with Crippen molar-refractivity contribution < 1.29 is 4.79 Å². The normalized spacial score (nSPS) is 16.6. The van der Waals surface area contributed by atoms with Crippen LogP contribution >= 0.6 is 28.6 Å². The van der Waals surface area contributed by atoms with Crippen molar-refractivity contribution in [2.45, 2.75) is 31.1 Å². The molecule has 1 aromatic carbocycles. The van der Waals surface area contributed by atoms with Gasteiger partial charge in [0.15, 0.2) is 0 Å². The third-order valence-corrected chi connectivity index (χ3v) is 4.40. The Labute approximate surface area is 116 Å². The molecule has 1 aliphatic carbocycles. The zero-order valence-corrected chi connectivity index (χ0v) is 12.3. The highest BCUT2D eigenvalue weighted by Gasteiger charge is 2.40. The molecule has 17 heavy (non-hydrogen) atoms. The lowest BCUT2D eigenvalue weighted by molar-refractivity contribution is 0.0941. The van der Waals surface area contributed by atoms with Gasteiger partial charge in [-0.1, -0.05) is 22.9 Å². The standard InChI is InChI=1S/C13H16BrNOS/c1-2-13(5-6-13)8-15-12(16)10-4-3-9(14)7-11(10)17/h3-4,7,17H,2,5-6,8H2,1H3,(H,15,16). The van der Waals surface area contributed by atoms with Crippen LogP contribution < -0.4 is 5.32 Å². The summed E-state index contributed by atoms with van der Waals surface area (Å²) in [5.74, 6) is -0.0257. The SMILES string of the molecule is CCC1(CNC(=O)c2ccc(Br)cc2S)CC1. The Morgan fingerprint density at radius 3 is 2.76 bits per heavy atom. The number of amides is 1. The fraction of sp³-hybridized carbons (Fsp3) is 0.462. The minimum Gasteiger partial charge on any atom is -0.351 e. The predicted octanol–water partition coefficient (Wildman–Crippen LogP) is 3.66. The van der Waals surface area contributed by atoms with Crippen LogP contribution in [0.2, 0.25) is 0 Å². The van der Waals surface area contributed by atoms with Crippen LogP contribution in [0, 0.1) is 5.41 Å². The lowest BCUT2D eigenvalue weighted by Gasteiger charge is -2.14. The quantitative estimate of drug-likeness (QED) is 0.816. The Bertz CT molecular complexity index is 443. The molecule has 0 heterocycles. The van der Waals surface area contributed by atoms with Crippen molar-refractivity contribution in [1.82, 2.24) is 5.32 Å². The van der Waals surface area contributed by atoms with Gasteiger partial charge in [-0.3, -0.25) is 4.79 Å². The molecule has 0 saturated heterocycles. The average Bonchev–Trinajstić information content (AvgIpc) is 3.07. The van der Waals surface area contributed by atoms with Crippen LogP contribution in [-0.2, 0) is 0 Å². The first kappa shape index (κ1) is 13.0. The number of halogens is 1. The Balaban J connectivity index is 2.00. The highest BCUT2D eigenvalue weighted by molar-refractivity contribution is 9.10. The first-order valence-electron chi connectivity index (χ1n) is 5.83. The number of hydrogen-bond donors (Lipinski definition) is 2. The van der Waals surface area contributed by atoms with Gasteiger partial charge in [-0.25, -0.2) is 0 Å². The van der Waals surface area contributed by atoms with Gasteiger partial charge in [-0.15, -0.1) is 12.6 Å². The van der Waals surface area contributed by atoms with E-state index in [-0.39, 0.29) is 5.91 Å².